The van der Waals surface area contributed by atoms with Crippen molar-refractivity contribution in [1.82, 2.24) is 9.55 Å². The zero-order valence-corrected chi connectivity index (χ0v) is 11.3. The molecule has 0 fully saturated rings. The molecule has 0 radical (unpaired) electrons. The molecule has 0 saturated carbocycles. The SMILES string of the molecule is CC(C)(C)c1cc(Br)cc(-n2ccnc2)c1. The number of imidazole rings is 1. The van der Waals surface area contributed by atoms with Crippen molar-refractivity contribution in [3.63, 3.8) is 0 Å². The van der Waals surface area contributed by atoms with Gasteiger partial charge in [-0.25, -0.2) is 4.98 Å². The molecule has 0 atom stereocenters. The van der Waals surface area contributed by atoms with Crippen LogP contribution in [0, 0.1) is 0 Å². The first-order valence-electron chi connectivity index (χ1n) is 5.26. The summed E-state index contributed by atoms with van der Waals surface area (Å²) in [5, 5.41) is 0. The van der Waals surface area contributed by atoms with Crippen molar-refractivity contribution in [2.45, 2.75) is 26.2 Å². The van der Waals surface area contributed by atoms with Gasteiger partial charge in [-0.2, -0.15) is 0 Å². The second kappa shape index (κ2) is 4.06. The highest BCUT2D eigenvalue weighted by atomic mass is 79.9. The molecule has 0 bridgehead atoms. The Hall–Kier alpha value is -1.09. The molecule has 3 heteroatoms. The number of rotatable bonds is 1. The molecule has 0 aliphatic heterocycles. The lowest BCUT2D eigenvalue weighted by atomic mass is 9.87. The van der Waals surface area contributed by atoms with E-state index in [1.54, 1.807) is 6.20 Å². The minimum atomic E-state index is 0.152. The highest BCUT2D eigenvalue weighted by Gasteiger charge is 2.15. The first-order chi connectivity index (χ1) is 7.47. The van der Waals surface area contributed by atoms with Crippen LogP contribution in [0.15, 0.2) is 41.4 Å². The van der Waals surface area contributed by atoms with Gasteiger partial charge in [-0.1, -0.05) is 36.7 Å². The number of nitrogens with zero attached hydrogens (tertiary/aromatic N) is 2. The Morgan fingerprint density at radius 1 is 1.19 bits per heavy atom. The van der Waals surface area contributed by atoms with Crippen molar-refractivity contribution in [2.75, 3.05) is 0 Å². The summed E-state index contributed by atoms with van der Waals surface area (Å²) in [4.78, 5) is 4.07. The molecule has 0 aliphatic carbocycles. The summed E-state index contributed by atoms with van der Waals surface area (Å²) in [6, 6.07) is 6.46. The molecular formula is C13H15BrN2. The van der Waals surface area contributed by atoms with E-state index in [0.29, 0.717) is 0 Å². The van der Waals surface area contributed by atoms with Gasteiger partial charge < -0.3 is 4.57 Å². The molecule has 2 nitrogen and oxygen atoms in total. The van der Waals surface area contributed by atoms with Crippen LogP contribution in [-0.2, 0) is 5.41 Å². The van der Waals surface area contributed by atoms with Crippen LogP contribution in [0.1, 0.15) is 26.3 Å². The molecule has 1 aromatic heterocycles. The lowest BCUT2D eigenvalue weighted by Crippen LogP contribution is -2.11. The predicted octanol–water partition coefficient (Wildman–Crippen LogP) is 3.93. The molecule has 2 aromatic rings. The standard InChI is InChI=1S/C13H15BrN2/c1-13(2,3)10-6-11(14)8-12(7-10)16-5-4-15-9-16/h4-9H,1-3H3. The molecule has 0 amide bonds. The van der Waals surface area contributed by atoms with E-state index in [-0.39, 0.29) is 5.41 Å². The maximum atomic E-state index is 4.07. The molecule has 0 aliphatic rings. The second-order valence-electron chi connectivity index (χ2n) is 4.92. The van der Waals surface area contributed by atoms with Crippen molar-refractivity contribution in [2.24, 2.45) is 0 Å². The van der Waals surface area contributed by atoms with E-state index < -0.39 is 0 Å². The Labute approximate surface area is 104 Å². The number of halogens is 1. The van der Waals surface area contributed by atoms with Crippen molar-refractivity contribution >= 4 is 15.9 Å². The Morgan fingerprint density at radius 3 is 2.50 bits per heavy atom. The molecule has 1 heterocycles. The molecule has 0 saturated heterocycles. The van der Waals surface area contributed by atoms with Crippen molar-refractivity contribution < 1.29 is 0 Å². The van der Waals surface area contributed by atoms with Gasteiger partial charge in [0.05, 0.1) is 6.33 Å². The molecule has 16 heavy (non-hydrogen) atoms. The quantitative estimate of drug-likeness (QED) is 0.773. The van der Waals surface area contributed by atoms with Gasteiger partial charge in [-0.15, -0.1) is 0 Å². The number of hydrogen-bond donors (Lipinski definition) is 0. The first-order valence-corrected chi connectivity index (χ1v) is 6.05. The van der Waals surface area contributed by atoms with Gasteiger partial charge in [-0.3, -0.25) is 0 Å². The fourth-order valence-corrected chi connectivity index (χ4v) is 2.05. The third-order valence-corrected chi connectivity index (χ3v) is 3.01. The van der Waals surface area contributed by atoms with E-state index in [2.05, 4.69) is 59.9 Å². The molecule has 2 rings (SSSR count). The molecule has 0 spiro atoms. The average Bonchev–Trinajstić information content (AvgIpc) is 2.68. The van der Waals surface area contributed by atoms with Crippen LogP contribution >= 0.6 is 15.9 Å². The first kappa shape index (κ1) is 11.4. The van der Waals surface area contributed by atoms with Gasteiger partial charge in [0.15, 0.2) is 0 Å². The van der Waals surface area contributed by atoms with E-state index in [4.69, 9.17) is 0 Å². The molecule has 84 valence electrons. The van der Waals surface area contributed by atoms with E-state index in [0.717, 1.165) is 10.2 Å². The van der Waals surface area contributed by atoms with Gasteiger partial charge in [-0.05, 0) is 29.2 Å². The van der Waals surface area contributed by atoms with Crippen LogP contribution in [0.25, 0.3) is 5.69 Å². The average molecular weight is 279 g/mol. The van der Waals surface area contributed by atoms with Gasteiger partial charge in [0.25, 0.3) is 0 Å². The van der Waals surface area contributed by atoms with Gasteiger partial charge in [0.1, 0.15) is 0 Å². The third kappa shape index (κ3) is 2.35. The second-order valence-corrected chi connectivity index (χ2v) is 5.83. The zero-order chi connectivity index (χ0) is 11.8. The van der Waals surface area contributed by atoms with Crippen molar-refractivity contribution in [3.8, 4) is 5.69 Å². The highest BCUT2D eigenvalue weighted by Crippen LogP contribution is 2.28. The summed E-state index contributed by atoms with van der Waals surface area (Å²) < 4.78 is 3.11. The highest BCUT2D eigenvalue weighted by molar-refractivity contribution is 9.10. The monoisotopic (exact) mass is 278 g/mol. The maximum Gasteiger partial charge on any atom is 0.0991 e. The van der Waals surface area contributed by atoms with Crippen LogP contribution in [0.4, 0.5) is 0 Å². The van der Waals surface area contributed by atoms with Gasteiger partial charge >= 0.3 is 0 Å². The van der Waals surface area contributed by atoms with Crippen LogP contribution in [-0.4, -0.2) is 9.55 Å². The summed E-state index contributed by atoms with van der Waals surface area (Å²) in [5.74, 6) is 0. The van der Waals surface area contributed by atoms with Crippen molar-refractivity contribution in [1.29, 1.82) is 0 Å². The van der Waals surface area contributed by atoms with Crippen molar-refractivity contribution in [3.05, 3.63) is 47.0 Å². The smallest absolute Gasteiger partial charge is 0.0991 e. The fraction of sp³-hybridized carbons (Fsp3) is 0.308. The summed E-state index contributed by atoms with van der Waals surface area (Å²) >= 11 is 3.56. The topological polar surface area (TPSA) is 17.8 Å². The normalized spacial score (nSPS) is 11.8. The van der Waals surface area contributed by atoms with E-state index >= 15 is 0 Å². The molecule has 1 aromatic carbocycles. The van der Waals surface area contributed by atoms with Gasteiger partial charge in [0, 0.05) is 22.6 Å². The lowest BCUT2D eigenvalue weighted by Gasteiger charge is -2.20. The lowest BCUT2D eigenvalue weighted by molar-refractivity contribution is 0.589. The molecule has 0 N–H and O–H groups in total. The minimum absolute atomic E-state index is 0.152. The Balaban J connectivity index is 2.53. The number of benzene rings is 1. The fourth-order valence-electron chi connectivity index (χ4n) is 1.57. The predicted molar refractivity (Wildman–Crippen MR) is 70.0 cm³/mol. The van der Waals surface area contributed by atoms with Crippen LogP contribution < -0.4 is 0 Å². The summed E-state index contributed by atoms with van der Waals surface area (Å²) in [6.07, 6.45) is 5.56. The minimum Gasteiger partial charge on any atom is -0.306 e. The molecule has 0 unspecified atom stereocenters. The van der Waals surface area contributed by atoms with Gasteiger partial charge in [0.2, 0.25) is 0 Å². The van der Waals surface area contributed by atoms with E-state index in [1.165, 1.54) is 5.56 Å². The largest absolute Gasteiger partial charge is 0.306 e. The summed E-state index contributed by atoms with van der Waals surface area (Å²) in [5.41, 5.74) is 2.60. The Bertz CT molecular complexity index is 481. The van der Waals surface area contributed by atoms with Crippen LogP contribution in [0.2, 0.25) is 0 Å². The van der Waals surface area contributed by atoms with Crippen LogP contribution in [0.3, 0.4) is 0 Å². The third-order valence-electron chi connectivity index (χ3n) is 2.55. The summed E-state index contributed by atoms with van der Waals surface area (Å²) in [7, 11) is 0. The summed E-state index contributed by atoms with van der Waals surface area (Å²) in [6.45, 7) is 6.64. The Kier molecular flexibility index (Phi) is 2.89. The number of hydrogen-bond acceptors (Lipinski definition) is 1. The van der Waals surface area contributed by atoms with Crippen LogP contribution in [0.5, 0.6) is 0 Å². The van der Waals surface area contributed by atoms with E-state index in [9.17, 15) is 0 Å². The Morgan fingerprint density at radius 2 is 1.94 bits per heavy atom. The number of aromatic nitrogens is 2. The zero-order valence-electron chi connectivity index (χ0n) is 9.74. The van der Waals surface area contributed by atoms with E-state index in [1.807, 2.05) is 17.1 Å². The molecular weight excluding hydrogens is 264 g/mol. The maximum absolute atomic E-state index is 4.07.